The van der Waals surface area contributed by atoms with Crippen molar-refractivity contribution in [2.45, 2.75) is 6.54 Å². The molecule has 0 atom stereocenters. The SMILES string of the molecule is N#Cc1cnn(CCO)c1NC(=O)c1ccncc1. The molecule has 7 heteroatoms. The molecule has 0 bridgehead atoms. The van der Waals surface area contributed by atoms with Crippen LogP contribution in [0.5, 0.6) is 0 Å². The molecule has 2 aromatic rings. The van der Waals surface area contributed by atoms with E-state index in [1.54, 1.807) is 12.1 Å². The second-order valence-electron chi connectivity index (χ2n) is 3.66. The molecular weight excluding hydrogens is 246 g/mol. The lowest BCUT2D eigenvalue weighted by Gasteiger charge is -2.08. The summed E-state index contributed by atoms with van der Waals surface area (Å²) in [6.07, 6.45) is 4.36. The van der Waals surface area contributed by atoms with E-state index in [4.69, 9.17) is 10.4 Å². The summed E-state index contributed by atoms with van der Waals surface area (Å²) in [6.45, 7) is 0.0678. The van der Waals surface area contributed by atoms with Gasteiger partial charge in [-0.1, -0.05) is 0 Å². The molecular formula is C12H11N5O2. The Morgan fingerprint density at radius 2 is 2.21 bits per heavy atom. The molecule has 2 aromatic heterocycles. The molecule has 0 saturated carbocycles. The number of nitriles is 1. The van der Waals surface area contributed by atoms with Gasteiger partial charge in [-0.15, -0.1) is 0 Å². The van der Waals surface area contributed by atoms with E-state index >= 15 is 0 Å². The fourth-order valence-corrected chi connectivity index (χ4v) is 1.55. The number of hydrogen-bond donors (Lipinski definition) is 2. The molecule has 0 aliphatic carbocycles. The third-order valence-corrected chi connectivity index (χ3v) is 2.45. The highest BCUT2D eigenvalue weighted by Crippen LogP contribution is 2.15. The number of rotatable bonds is 4. The molecule has 0 radical (unpaired) electrons. The van der Waals surface area contributed by atoms with Gasteiger partial charge in [0.15, 0.2) is 0 Å². The first-order chi connectivity index (χ1) is 9.26. The molecule has 0 unspecified atom stereocenters. The standard InChI is InChI=1S/C12H11N5O2/c13-7-10-8-15-17(5-6-18)11(10)16-12(19)9-1-3-14-4-2-9/h1-4,8,18H,5-6H2,(H,16,19). The Kier molecular flexibility index (Phi) is 3.85. The van der Waals surface area contributed by atoms with E-state index in [1.807, 2.05) is 6.07 Å². The lowest BCUT2D eigenvalue weighted by atomic mass is 10.2. The quantitative estimate of drug-likeness (QED) is 0.824. The second kappa shape index (κ2) is 5.75. The second-order valence-corrected chi connectivity index (χ2v) is 3.66. The lowest BCUT2D eigenvalue weighted by molar-refractivity contribution is 0.102. The van der Waals surface area contributed by atoms with Gasteiger partial charge in [0.05, 0.1) is 19.3 Å². The average molecular weight is 257 g/mol. The minimum Gasteiger partial charge on any atom is -0.394 e. The number of aromatic nitrogens is 3. The van der Waals surface area contributed by atoms with Crippen LogP contribution in [0.25, 0.3) is 0 Å². The van der Waals surface area contributed by atoms with Gasteiger partial charge in [0.2, 0.25) is 0 Å². The van der Waals surface area contributed by atoms with Gasteiger partial charge in [-0.05, 0) is 12.1 Å². The zero-order valence-corrected chi connectivity index (χ0v) is 9.95. The highest BCUT2D eigenvalue weighted by atomic mass is 16.3. The maximum Gasteiger partial charge on any atom is 0.256 e. The predicted molar refractivity (Wildman–Crippen MR) is 66.2 cm³/mol. The number of nitrogens with zero attached hydrogens (tertiary/aromatic N) is 4. The lowest BCUT2D eigenvalue weighted by Crippen LogP contribution is -2.17. The first kappa shape index (κ1) is 12.7. The van der Waals surface area contributed by atoms with Gasteiger partial charge in [-0.3, -0.25) is 9.78 Å². The maximum absolute atomic E-state index is 12.0. The highest BCUT2D eigenvalue weighted by molar-refractivity contribution is 6.04. The van der Waals surface area contributed by atoms with Gasteiger partial charge >= 0.3 is 0 Å². The van der Waals surface area contributed by atoms with Crippen LogP contribution < -0.4 is 5.32 Å². The molecule has 96 valence electrons. The number of nitrogens with one attached hydrogen (secondary N) is 1. The Bertz CT molecular complexity index is 615. The largest absolute Gasteiger partial charge is 0.394 e. The van der Waals surface area contributed by atoms with Crippen molar-refractivity contribution >= 4 is 11.7 Å². The fourth-order valence-electron chi connectivity index (χ4n) is 1.55. The summed E-state index contributed by atoms with van der Waals surface area (Å²) in [5.41, 5.74) is 0.673. The van der Waals surface area contributed by atoms with Gasteiger partial charge in [0.1, 0.15) is 17.5 Å². The third kappa shape index (κ3) is 2.75. The number of amides is 1. The van der Waals surface area contributed by atoms with E-state index in [2.05, 4.69) is 15.4 Å². The monoisotopic (exact) mass is 257 g/mol. The summed E-state index contributed by atoms with van der Waals surface area (Å²) in [5, 5.41) is 24.4. The molecule has 2 rings (SSSR count). The van der Waals surface area contributed by atoms with Gasteiger partial charge in [0.25, 0.3) is 5.91 Å². The number of anilines is 1. The van der Waals surface area contributed by atoms with Crippen LogP contribution >= 0.6 is 0 Å². The third-order valence-electron chi connectivity index (χ3n) is 2.45. The molecule has 0 aliphatic heterocycles. The van der Waals surface area contributed by atoms with Gasteiger partial charge in [-0.2, -0.15) is 10.4 Å². The summed E-state index contributed by atoms with van der Waals surface area (Å²) in [7, 11) is 0. The molecule has 19 heavy (non-hydrogen) atoms. The van der Waals surface area contributed by atoms with Crippen LogP contribution in [0.4, 0.5) is 5.82 Å². The Morgan fingerprint density at radius 3 is 2.84 bits per heavy atom. The zero-order chi connectivity index (χ0) is 13.7. The van der Waals surface area contributed by atoms with Crippen molar-refractivity contribution in [1.82, 2.24) is 14.8 Å². The van der Waals surface area contributed by atoms with Crippen LogP contribution in [0.1, 0.15) is 15.9 Å². The predicted octanol–water partition coefficient (Wildman–Crippen LogP) is 0.394. The van der Waals surface area contributed by atoms with E-state index in [9.17, 15) is 4.79 Å². The number of hydrogen-bond acceptors (Lipinski definition) is 5. The van der Waals surface area contributed by atoms with Crippen molar-refractivity contribution in [3.8, 4) is 6.07 Å². The summed E-state index contributed by atoms with van der Waals surface area (Å²) in [4.78, 5) is 15.8. The Hall–Kier alpha value is -2.72. The maximum atomic E-state index is 12.0. The fraction of sp³-hybridized carbons (Fsp3) is 0.167. The van der Waals surface area contributed by atoms with Gasteiger partial charge in [-0.25, -0.2) is 4.68 Å². The number of aliphatic hydroxyl groups is 1. The van der Waals surface area contributed by atoms with Gasteiger partial charge in [0, 0.05) is 18.0 Å². The van der Waals surface area contributed by atoms with E-state index in [1.165, 1.54) is 23.3 Å². The highest BCUT2D eigenvalue weighted by Gasteiger charge is 2.14. The molecule has 0 spiro atoms. The van der Waals surface area contributed by atoms with Crippen LogP contribution in [0, 0.1) is 11.3 Å². The van der Waals surface area contributed by atoms with Crippen molar-refractivity contribution in [2.75, 3.05) is 11.9 Å². The Balaban J connectivity index is 2.26. The summed E-state index contributed by atoms with van der Waals surface area (Å²) in [5.74, 6) is -0.0862. The number of pyridine rings is 1. The van der Waals surface area contributed by atoms with Gasteiger partial charge < -0.3 is 10.4 Å². The molecule has 7 nitrogen and oxygen atoms in total. The normalized spacial score (nSPS) is 9.89. The van der Waals surface area contributed by atoms with E-state index in [-0.39, 0.29) is 30.4 Å². The zero-order valence-electron chi connectivity index (χ0n) is 9.95. The molecule has 0 fully saturated rings. The molecule has 0 aromatic carbocycles. The van der Waals surface area contributed by atoms with Crippen LogP contribution in [0.2, 0.25) is 0 Å². The van der Waals surface area contributed by atoms with Crippen molar-refractivity contribution in [2.24, 2.45) is 0 Å². The van der Waals surface area contributed by atoms with E-state index in [0.29, 0.717) is 5.56 Å². The summed E-state index contributed by atoms with van der Waals surface area (Å²) in [6, 6.07) is 5.07. The van der Waals surface area contributed by atoms with Crippen molar-refractivity contribution in [3.63, 3.8) is 0 Å². The van der Waals surface area contributed by atoms with Crippen LogP contribution in [-0.2, 0) is 6.54 Å². The first-order valence-corrected chi connectivity index (χ1v) is 5.54. The van der Waals surface area contributed by atoms with E-state index in [0.717, 1.165) is 0 Å². The van der Waals surface area contributed by atoms with E-state index < -0.39 is 0 Å². The number of carbonyl (C=O) groups is 1. The minimum atomic E-state index is -0.362. The van der Waals surface area contributed by atoms with Crippen LogP contribution in [0.15, 0.2) is 30.7 Å². The van der Waals surface area contributed by atoms with Crippen molar-refractivity contribution < 1.29 is 9.90 Å². The minimum absolute atomic E-state index is 0.134. The molecule has 0 aliphatic rings. The molecule has 2 heterocycles. The smallest absolute Gasteiger partial charge is 0.256 e. The van der Waals surface area contributed by atoms with Crippen molar-refractivity contribution in [1.29, 1.82) is 5.26 Å². The summed E-state index contributed by atoms with van der Waals surface area (Å²) >= 11 is 0. The molecule has 0 saturated heterocycles. The average Bonchev–Trinajstić information content (AvgIpc) is 2.82. The van der Waals surface area contributed by atoms with Crippen LogP contribution in [-0.4, -0.2) is 32.4 Å². The Labute approximate surface area is 109 Å². The first-order valence-electron chi connectivity index (χ1n) is 5.54. The summed E-state index contributed by atoms with van der Waals surface area (Å²) < 4.78 is 1.37. The number of aliphatic hydroxyl groups excluding tert-OH is 1. The molecule has 2 N–H and O–H groups in total. The van der Waals surface area contributed by atoms with Crippen molar-refractivity contribution in [3.05, 3.63) is 41.9 Å². The Morgan fingerprint density at radius 1 is 1.47 bits per heavy atom. The number of carbonyl (C=O) groups excluding carboxylic acids is 1. The molecule has 1 amide bonds. The van der Waals surface area contributed by atoms with Crippen LogP contribution in [0.3, 0.4) is 0 Å². The topological polar surface area (TPSA) is 104 Å².